The average molecular weight is 282 g/mol. The number of carbonyl (C=O) groups excluding carboxylic acids is 1. The van der Waals surface area contributed by atoms with Crippen molar-refractivity contribution >= 4 is 16.7 Å². The Kier molecular flexibility index (Phi) is 2.93. The maximum atomic E-state index is 12.8. The van der Waals surface area contributed by atoms with Gasteiger partial charge in [-0.2, -0.15) is 0 Å². The van der Waals surface area contributed by atoms with Gasteiger partial charge in [0.05, 0.1) is 6.10 Å². The third kappa shape index (κ3) is 2.10. The standard InChI is InChI=1S/C17H18N2O2/c20-14-7-12-9-19(10-13(12)8-14)17(21)16-15-4-2-1-3-11(15)5-6-18-16/h1-6,12-14,20H,7-10H2/t12-,13+,14?. The number of benzene rings is 1. The highest BCUT2D eigenvalue weighted by Crippen LogP contribution is 2.38. The number of aliphatic hydroxyl groups is 1. The van der Waals surface area contributed by atoms with Gasteiger partial charge in [0.15, 0.2) is 0 Å². The van der Waals surface area contributed by atoms with Gasteiger partial charge in [0.25, 0.3) is 5.91 Å². The highest BCUT2D eigenvalue weighted by molar-refractivity contribution is 6.05. The number of hydrogen-bond donors (Lipinski definition) is 1. The molecule has 0 bridgehead atoms. The predicted octanol–water partition coefficient (Wildman–Crippen LogP) is 2.08. The van der Waals surface area contributed by atoms with Crippen LogP contribution in [-0.2, 0) is 0 Å². The number of aliphatic hydroxyl groups excluding tert-OH is 1. The molecule has 0 radical (unpaired) electrons. The molecule has 2 heterocycles. The fraction of sp³-hybridized carbons (Fsp3) is 0.412. The summed E-state index contributed by atoms with van der Waals surface area (Å²) in [5, 5.41) is 11.7. The number of nitrogens with zero attached hydrogens (tertiary/aromatic N) is 2. The molecule has 4 rings (SSSR count). The lowest BCUT2D eigenvalue weighted by Gasteiger charge is -2.18. The molecule has 108 valence electrons. The van der Waals surface area contributed by atoms with Crippen LogP contribution in [0.3, 0.4) is 0 Å². The summed E-state index contributed by atoms with van der Waals surface area (Å²) < 4.78 is 0. The molecule has 2 aromatic rings. The summed E-state index contributed by atoms with van der Waals surface area (Å²) in [5.41, 5.74) is 0.550. The Morgan fingerprint density at radius 2 is 1.86 bits per heavy atom. The summed E-state index contributed by atoms with van der Waals surface area (Å²) in [4.78, 5) is 19.0. The van der Waals surface area contributed by atoms with Crippen LogP contribution in [0, 0.1) is 11.8 Å². The molecule has 1 N–H and O–H groups in total. The van der Waals surface area contributed by atoms with Crippen LogP contribution in [0.4, 0.5) is 0 Å². The minimum Gasteiger partial charge on any atom is -0.393 e. The van der Waals surface area contributed by atoms with Crippen molar-refractivity contribution in [2.75, 3.05) is 13.1 Å². The third-order valence-corrected chi connectivity index (χ3v) is 4.89. The van der Waals surface area contributed by atoms with E-state index in [4.69, 9.17) is 0 Å². The zero-order valence-electron chi connectivity index (χ0n) is 11.8. The van der Waals surface area contributed by atoms with Crippen LogP contribution >= 0.6 is 0 Å². The Hall–Kier alpha value is -1.94. The Morgan fingerprint density at radius 3 is 2.62 bits per heavy atom. The van der Waals surface area contributed by atoms with Gasteiger partial charge >= 0.3 is 0 Å². The Bertz CT molecular complexity index is 681. The Balaban J connectivity index is 1.63. The maximum absolute atomic E-state index is 12.8. The quantitative estimate of drug-likeness (QED) is 0.871. The van der Waals surface area contributed by atoms with Crippen molar-refractivity contribution < 1.29 is 9.90 Å². The van der Waals surface area contributed by atoms with Crippen LogP contribution < -0.4 is 0 Å². The largest absolute Gasteiger partial charge is 0.393 e. The monoisotopic (exact) mass is 282 g/mol. The van der Waals surface area contributed by atoms with Gasteiger partial charge in [0, 0.05) is 24.7 Å². The van der Waals surface area contributed by atoms with E-state index in [2.05, 4.69) is 4.98 Å². The van der Waals surface area contributed by atoms with Crippen LogP contribution in [0.5, 0.6) is 0 Å². The van der Waals surface area contributed by atoms with E-state index in [1.807, 2.05) is 35.2 Å². The summed E-state index contributed by atoms with van der Waals surface area (Å²) in [6, 6.07) is 9.80. The lowest BCUT2D eigenvalue weighted by Crippen LogP contribution is -2.31. The molecular weight excluding hydrogens is 264 g/mol. The lowest BCUT2D eigenvalue weighted by atomic mass is 10.0. The van der Waals surface area contributed by atoms with Crippen molar-refractivity contribution in [1.82, 2.24) is 9.88 Å². The van der Waals surface area contributed by atoms with E-state index in [9.17, 15) is 9.90 Å². The van der Waals surface area contributed by atoms with Crippen LogP contribution in [-0.4, -0.2) is 40.1 Å². The molecule has 1 amide bonds. The molecular formula is C17H18N2O2. The molecule has 4 heteroatoms. The second-order valence-electron chi connectivity index (χ2n) is 6.24. The van der Waals surface area contributed by atoms with Crippen LogP contribution in [0.1, 0.15) is 23.3 Å². The van der Waals surface area contributed by atoms with Gasteiger partial charge in [0.1, 0.15) is 5.69 Å². The number of likely N-dealkylation sites (tertiary alicyclic amines) is 1. The van der Waals surface area contributed by atoms with Crippen LogP contribution in [0.2, 0.25) is 0 Å². The summed E-state index contributed by atoms with van der Waals surface area (Å²) in [5.74, 6) is 0.938. The molecule has 2 fully saturated rings. The summed E-state index contributed by atoms with van der Waals surface area (Å²) in [6.07, 6.45) is 3.19. The topological polar surface area (TPSA) is 53.4 Å². The van der Waals surface area contributed by atoms with Gasteiger partial charge in [-0.1, -0.05) is 24.3 Å². The number of aromatic nitrogens is 1. The number of hydrogen-bond acceptors (Lipinski definition) is 3. The van der Waals surface area contributed by atoms with E-state index in [0.29, 0.717) is 17.5 Å². The van der Waals surface area contributed by atoms with E-state index in [1.165, 1.54) is 0 Å². The van der Waals surface area contributed by atoms with Gasteiger partial charge in [-0.15, -0.1) is 0 Å². The molecule has 1 aliphatic heterocycles. The van der Waals surface area contributed by atoms with E-state index in [-0.39, 0.29) is 12.0 Å². The molecule has 1 aromatic heterocycles. The van der Waals surface area contributed by atoms with Gasteiger partial charge in [0.2, 0.25) is 0 Å². The average Bonchev–Trinajstić information content (AvgIpc) is 3.03. The fourth-order valence-electron chi connectivity index (χ4n) is 3.87. The first kappa shape index (κ1) is 12.8. The van der Waals surface area contributed by atoms with E-state index < -0.39 is 0 Å². The van der Waals surface area contributed by atoms with Crippen molar-refractivity contribution in [2.24, 2.45) is 11.8 Å². The summed E-state index contributed by atoms with van der Waals surface area (Å²) in [6.45, 7) is 1.51. The zero-order chi connectivity index (χ0) is 14.4. The van der Waals surface area contributed by atoms with Gasteiger partial charge < -0.3 is 10.0 Å². The molecule has 1 saturated carbocycles. The molecule has 0 spiro atoms. The molecule has 4 nitrogen and oxygen atoms in total. The summed E-state index contributed by atoms with van der Waals surface area (Å²) in [7, 11) is 0. The number of rotatable bonds is 1. The van der Waals surface area contributed by atoms with E-state index in [1.54, 1.807) is 6.20 Å². The number of pyridine rings is 1. The highest BCUT2D eigenvalue weighted by atomic mass is 16.3. The SMILES string of the molecule is O=C(c1nccc2ccccc12)N1C[C@H]2CC(O)C[C@H]2C1. The van der Waals surface area contributed by atoms with E-state index in [0.717, 1.165) is 36.7 Å². The Labute approximate surface area is 123 Å². The van der Waals surface area contributed by atoms with Crippen LogP contribution in [0.15, 0.2) is 36.5 Å². The fourth-order valence-corrected chi connectivity index (χ4v) is 3.87. The Morgan fingerprint density at radius 1 is 1.14 bits per heavy atom. The third-order valence-electron chi connectivity index (χ3n) is 4.89. The second-order valence-corrected chi connectivity index (χ2v) is 6.24. The molecule has 2 aliphatic rings. The van der Waals surface area contributed by atoms with Crippen LogP contribution in [0.25, 0.3) is 10.8 Å². The van der Waals surface area contributed by atoms with Gasteiger partial charge in [-0.05, 0) is 36.1 Å². The van der Waals surface area contributed by atoms with Crippen molar-refractivity contribution in [3.63, 3.8) is 0 Å². The number of amides is 1. The molecule has 1 aromatic carbocycles. The van der Waals surface area contributed by atoms with Gasteiger partial charge in [-0.25, -0.2) is 0 Å². The first-order valence-electron chi connectivity index (χ1n) is 7.53. The minimum atomic E-state index is -0.173. The second kappa shape index (κ2) is 4.81. The number of carbonyl (C=O) groups is 1. The van der Waals surface area contributed by atoms with Crippen molar-refractivity contribution in [2.45, 2.75) is 18.9 Å². The normalized spacial score (nSPS) is 28.0. The predicted molar refractivity (Wildman–Crippen MR) is 79.9 cm³/mol. The van der Waals surface area contributed by atoms with E-state index >= 15 is 0 Å². The summed E-state index contributed by atoms with van der Waals surface area (Å²) >= 11 is 0. The number of fused-ring (bicyclic) bond motifs is 2. The molecule has 3 atom stereocenters. The van der Waals surface area contributed by atoms with Crippen molar-refractivity contribution in [1.29, 1.82) is 0 Å². The highest BCUT2D eigenvalue weighted by Gasteiger charge is 2.42. The van der Waals surface area contributed by atoms with Gasteiger partial charge in [-0.3, -0.25) is 9.78 Å². The smallest absolute Gasteiger partial charge is 0.273 e. The molecule has 21 heavy (non-hydrogen) atoms. The zero-order valence-corrected chi connectivity index (χ0v) is 11.8. The molecule has 1 aliphatic carbocycles. The molecule has 1 unspecified atom stereocenters. The first-order chi connectivity index (χ1) is 10.2. The first-order valence-corrected chi connectivity index (χ1v) is 7.53. The minimum absolute atomic E-state index is 0.0238. The molecule has 1 saturated heterocycles. The lowest BCUT2D eigenvalue weighted by molar-refractivity contribution is 0.0761. The maximum Gasteiger partial charge on any atom is 0.273 e. The van der Waals surface area contributed by atoms with Crippen molar-refractivity contribution in [3.8, 4) is 0 Å². The van der Waals surface area contributed by atoms with Crippen molar-refractivity contribution in [3.05, 3.63) is 42.2 Å².